The molecular formula is C27H25N3O4S. The second-order valence-electron chi connectivity index (χ2n) is 8.62. The normalized spacial score (nSPS) is 18.8. The molecule has 1 N–H and O–H groups in total. The van der Waals surface area contributed by atoms with Gasteiger partial charge in [0.15, 0.2) is 0 Å². The summed E-state index contributed by atoms with van der Waals surface area (Å²) in [7, 11) is 1.56. The first-order chi connectivity index (χ1) is 16.8. The first kappa shape index (κ1) is 23.0. The Bertz CT molecular complexity index is 1360. The van der Waals surface area contributed by atoms with E-state index in [0.29, 0.717) is 28.4 Å². The predicted octanol–water partition coefficient (Wildman–Crippen LogP) is 4.23. The standard InChI is InChI=1S/C27H25N3O4S/c1-17-11-12-19(13-18(17)2)28-24(31)15-29-23-10-5-4-9-22(23)27(26(29)33)30(25(32)16-35-27)20-7-6-8-21(14-20)34-3/h4-14H,15-16H2,1-3H3,(H,28,31)/t27-/m0/s1. The lowest BCUT2D eigenvalue weighted by Gasteiger charge is -2.33. The smallest absolute Gasteiger partial charge is 0.269 e. The monoisotopic (exact) mass is 487 g/mol. The zero-order chi connectivity index (χ0) is 24.7. The van der Waals surface area contributed by atoms with Gasteiger partial charge in [-0.3, -0.25) is 24.2 Å². The molecule has 3 aromatic carbocycles. The predicted molar refractivity (Wildman–Crippen MR) is 138 cm³/mol. The minimum atomic E-state index is -1.28. The van der Waals surface area contributed by atoms with E-state index in [1.807, 2.05) is 56.3 Å². The van der Waals surface area contributed by atoms with Gasteiger partial charge in [0.1, 0.15) is 12.3 Å². The number of methoxy groups -OCH3 is 1. The van der Waals surface area contributed by atoms with Gasteiger partial charge in [-0.05, 0) is 55.3 Å². The fraction of sp³-hybridized carbons (Fsp3) is 0.222. The summed E-state index contributed by atoms with van der Waals surface area (Å²) < 4.78 is 5.35. The molecule has 0 aliphatic carbocycles. The van der Waals surface area contributed by atoms with Gasteiger partial charge in [-0.25, -0.2) is 0 Å². The number of carbonyl (C=O) groups excluding carboxylic acids is 3. The highest BCUT2D eigenvalue weighted by molar-refractivity contribution is 8.02. The van der Waals surface area contributed by atoms with Crippen molar-refractivity contribution in [2.24, 2.45) is 0 Å². The van der Waals surface area contributed by atoms with Crippen molar-refractivity contribution in [1.29, 1.82) is 0 Å². The van der Waals surface area contributed by atoms with Crippen LogP contribution in [0.3, 0.4) is 0 Å². The van der Waals surface area contributed by atoms with Crippen molar-refractivity contribution in [2.75, 3.05) is 34.5 Å². The van der Waals surface area contributed by atoms with E-state index in [0.717, 1.165) is 11.1 Å². The van der Waals surface area contributed by atoms with E-state index in [1.54, 1.807) is 36.3 Å². The number of benzene rings is 3. The summed E-state index contributed by atoms with van der Waals surface area (Å²) in [6, 6.07) is 20.2. The van der Waals surface area contributed by atoms with Crippen molar-refractivity contribution >= 4 is 46.5 Å². The first-order valence-corrected chi connectivity index (χ1v) is 12.2. The Balaban J connectivity index is 1.50. The van der Waals surface area contributed by atoms with Gasteiger partial charge in [0.25, 0.3) is 5.91 Å². The SMILES string of the molecule is COc1cccc(N2C(=O)CS[C@@]23C(=O)N(CC(=O)Nc2ccc(C)c(C)c2)c2ccccc23)c1. The molecule has 2 heterocycles. The molecule has 8 heteroatoms. The van der Waals surface area contributed by atoms with Gasteiger partial charge in [-0.15, -0.1) is 11.8 Å². The Labute approximate surface area is 208 Å². The van der Waals surface area contributed by atoms with E-state index in [1.165, 1.54) is 16.7 Å². The largest absolute Gasteiger partial charge is 0.497 e. The van der Waals surface area contributed by atoms with E-state index >= 15 is 0 Å². The molecule has 7 nitrogen and oxygen atoms in total. The molecule has 0 unspecified atom stereocenters. The zero-order valence-electron chi connectivity index (χ0n) is 19.7. The number of fused-ring (bicyclic) bond motifs is 2. The highest BCUT2D eigenvalue weighted by Gasteiger charge is 2.61. The van der Waals surface area contributed by atoms with Gasteiger partial charge in [0.05, 0.1) is 18.6 Å². The second-order valence-corrected chi connectivity index (χ2v) is 9.79. The van der Waals surface area contributed by atoms with Crippen molar-refractivity contribution in [1.82, 2.24) is 0 Å². The second kappa shape index (κ2) is 8.78. The quantitative estimate of drug-likeness (QED) is 0.583. The van der Waals surface area contributed by atoms with Crippen LogP contribution in [0.15, 0.2) is 66.7 Å². The number of hydrogen-bond acceptors (Lipinski definition) is 5. The number of nitrogens with zero attached hydrogens (tertiary/aromatic N) is 2. The van der Waals surface area contributed by atoms with Crippen molar-refractivity contribution < 1.29 is 19.1 Å². The maximum Gasteiger partial charge on any atom is 0.269 e. The van der Waals surface area contributed by atoms with Crippen LogP contribution in [-0.2, 0) is 19.3 Å². The number of carbonyl (C=O) groups is 3. The fourth-order valence-corrected chi connectivity index (χ4v) is 5.98. The number of rotatable bonds is 5. The van der Waals surface area contributed by atoms with E-state index < -0.39 is 4.87 Å². The molecule has 2 aliphatic heterocycles. The number of thioether (sulfide) groups is 1. The van der Waals surface area contributed by atoms with E-state index in [-0.39, 0.29) is 30.0 Å². The van der Waals surface area contributed by atoms with Crippen molar-refractivity contribution in [3.8, 4) is 5.75 Å². The van der Waals surface area contributed by atoms with Crippen LogP contribution in [0.2, 0.25) is 0 Å². The lowest BCUT2D eigenvalue weighted by molar-refractivity contribution is -0.124. The summed E-state index contributed by atoms with van der Waals surface area (Å²) in [4.78, 5) is 41.9. The molecule has 0 aromatic heterocycles. The highest BCUT2D eigenvalue weighted by Crippen LogP contribution is 2.55. The Morgan fingerprint density at radius 1 is 1.03 bits per heavy atom. The average molecular weight is 488 g/mol. The number of hydrogen-bond donors (Lipinski definition) is 1. The molecule has 0 bridgehead atoms. The summed E-state index contributed by atoms with van der Waals surface area (Å²) in [5.74, 6) is -0.0539. The zero-order valence-corrected chi connectivity index (χ0v) is 20.5. The van der Waals surface area contributed by atoms with Gasteiger partial charge < -0.3 is 10.1 Å². The molecule has 1 spiro atoms. The lowest BCUT2D eigenvalue weighted by atomic mass is 10.0. The number of aryl methyl sites for hydroxylation is 2. The van der Waals surface area contributed by atoms with Crippen LogP contribution in [0.4, 0.5) is 17.1 Å². The summed E-state index contributed by atoms with van der Waals surface area (Å²) in [5, 5.41) is 2.90. The Morgan fingerprint density at radius 3 is 2.60 bits per heavy atom. The third-order valence-electron chi connectivity index (χ3n) is 6.47. The molecule has 3 aromatic rings. The fourth-order valence-electron chi connectivity index (χ4n) is 4.63. The van der Waals surface area contributed by atoms with Crippen LogP contribution in [-0.4, -0.2) is 37.1 Å². The molecule has 2 aliphatic rings. The summed E-state index contributed by atoms with van der Waals surface area (Å²) in [6.07, 6.45) is 0. The van der Waals surface area contributed by atoms with Gasteiger partial charge in [0.2, 0.25) is 16.7 Å². The Morgan fingerprint density at radius 2 is 1.83 bits per heavy atom. The third-order valence-corrected chi connectivity index (χ3v) is 7.85. The minimum Gasteiger partial charge on any atom is -0.497 e. The van der Waals surface area contributed by atoms with Gasteiger partial charge in [-0.2, -0.15) is 0 Å². The topological polar surface area (TPSA) is 79.0 Å². The molecule has 0 saturated carbocycles. The van der Waals surface area contributed by atoms with Crippen LogP contribution >= 0.6 is 11.8 Å². The van der Waals surface area contributed by atoms with E-state index in [4.69, 9.17) is 4.74 Å². The van der Waals surface area contributed by atoms with Gasteiger partial charge >= 0.3 is 0 Å². The van der Waals surface area contributed by atoms with Gasteiger partial charge in [0, 0.05) is 23.0 Å². The summed E-state index contributed by atoms with van der Waals surface area (Å²) >= 11 is 1.28. The molecular weight excluding hydrogens is 462 g/mol. The molecule has 35 heavy (non-hydrogen) atoms. The number of nitrogens with one attached hydrogen (secondary N) is 1. The minimum absolute atomic E-state index is 0.153. The summed E-state index contributed by atoms with van der Waals surface area (Å²) in [5.41, 5.74) is 4.78. The molecule has 178 valence electrons. The van der Waals surface area contributed by atoms with Crippen molar-refractivity contribution in [2.45, 2.75) is 18.7 Å². The molecule has 1 saturated heterocycles. The number of amides is 3. The molecule has 0 radical (unpaired) electrons. The molecule has 1 fully saturated rings. The highest BCUT2D eigenvalue weighted by atomic mass is 32.2. The number of para-hydroxylation sites is 1. The van der Waals surface area contributed by atoms with Crippen LogP contribution in [0.25, 0.3) is 0 Å². The van der Waals surface area contributed by atoms with Gasteiger partial charge in [-0.1, -0.05) is 30.3 Å². The molecule has 3 amide bonds. The van der Waals surface area contributed by atoms with Crippen LogP contribution in [0.1, 0.15) is 16.7 Å². The van der Waals surface area contributed by atoms with Crippen LogP contribution < -0.4 is 19.9 Å². The lowest BCUT2D eigenvalue weighted by Crippen LogP contribution is -2.50. The van der Waals surface area contributed by atoms with E-state index in [9.17, 15) is 14.4 Å². The average Bonchev–Trinajstić information content (AvgIpc) is 3.32. The van der Waals surface area contributed by atoms with Crippen LogP contribution in [0.5, 0.6) is 5.75 Å². The summed E-state index contributed by atoms with van der Waals surface area (Å²) in [6.45, 7) is 3.83. The molecule has 1 atom stereocenters. The first-order valence-electron chi connectivity index (χ1n) is 11.2. The molecule has 5 rings (SSSR count). The number of ether oxygens (including phenoxy) is 1. The number of anilines is 3. The maximum absolute atomic E-state index is 14.1. The third kappa shape index (κ3) is 3.74. The maximum atomic E-state index is 14.1. The Hall–Kier alpha value is -3.78. The van der Waals surface area contributed by atoms with E-state index in [2.05, 4.69) is 5.32 Å². The van der Waals surface area contributed by atoms with Crippen molar-refractivity contribution in [3.05, 3.63) is 83.4 Å². The van der Waals surface area contributed by atoms with Crippen LogP contribution in [0, 0.1) is 13.8 Å². The van der Waals surface area contributed by atoms with Crippen molar-refractivity contribution in [3.63, 3.8) is 0 Å². The Kier molecular flexibility index (Phi) is 5.76.